The van der Waals surface area contributed by atoms with Crippen LogP contribution in [0.25, 0.3) is 0 Å². The molecule has 0 spiro atoms. The molecule has 0 amide bonds. The number of methoxy groups -OCH3 is 2. The number of ether oxygens (including phenoxy) is 3. The largest absolute Gasteiger partial charge is 0.497 e. The number of rotatable bonds is 9. The van der Waals surface area contributed by atoms with Crippen LogP contribution in [0.5, 0.6) is 17.2 Å². The highest BCUT2D eigenvalue weighted by Crippen LogP contribution is 2.33. The molecule has 0 radical (unpaired) electrons. The maximum atomic E-state index is 5.61. The summed E-state index contributed by atoms with van der Waals surface area (Å²) in [5.74, 6) is 7.46. The monoisotopic (exact) mass is 332 g/mol. The van der Waals surface area contributed by atoms with Gasteiger partial charge >= 0.3 is 0 Å². The van der Waals surface area contributed by atoms with Gasteiger partial charge in [-0.05, 0) is 36.2 Å². The minimum atomic E-state index is -0.295. The third kappa shape index (κ3) is 4.38. The Hall–Kier alpha value is -2.28. The summed E-state index contributed by atoms with van der Waals surface area (Å²) in [7, 11) is 3.22. The van der Waals surface area contributed by atoms with E-state index in [2.05, 4.69) is 12.4 Å². The summed E-state index contributed by atoms with van der Waals surface area (Å²) in [6.07, 6.45) is 0.968. The van der Waals surface area contributed by atoms with Crippen molar-refractivity contribution in [3.8, 4) is 17.2 Å². The van der Waals surface area contributed by atoms with E-state index >= 15 is 0 Å². The fourth-order valence-corrected chi connectivity index (χ4v) is 2.41. The van der Waals surface area contributed by atoms with Crippen LogP contribution in [0.4, 0.5) is 0 Å². The highest BCUT2D eigenvalue weighted by atomic mass is 16.8. The fraction of sp³-hybridized carbons (Fsp3) is 0.333. The van der Waals surface area contributed by atoms with Crippen molar-refractivity contribution in [2.75, 3.05) is 20.8 Å². The molecule has 0 bridgehead atoms. The van der Waals surface area contributed by atoms with E-state index in [0.29, 0.717) is 18.1 Å². The van der Waals surface area contributed by atoms with Crippen molar-refractivity contribution in [2.24, 2.45) is 5.90 Å². The minimum absolute atomic E-state index is 0.295. The Morgan fingerprint density at radius 3 is 2.29 bits per heavy atom. The van der Waals surface area contributed by atoms with Gasteiger partial charge in [-0.3, -0.25) is 0 Å². The maximum Gasteiger partial charge on any atom is 0.127 e. The summed E-state index contributed by atoms with van der Waals surface area (Å²) >= 11 is 0. The molecule has 0 fully saturated rings. The predicted molar refractivity (Wildman–Crippen MR) is 92.0 cm³/mol. The summed E-state index contributed by atoms with van der Waals surface area (Å²) < 4.78 is 16.3. The van der Waals surface area contributed by atoms with Gasteiger partial charge in [0.2, 0.25) is 0 Å². The Balaban J connectivity index is 2.32. The number of hydrogen-bond donors (Lipinski definition) is 2. The number of benzene rings is 2. The second kappa shape index (κ2) is 9.12. The molecule has 130 valence electrons. The van der Waals surface area contributed by atoms with E-state index in [9.17, 15) is 0 Å². The van der Waals surface area contributed by atoms with Gasteiger partial charge in [-0.15, -0.1) is 0 Å². The number of hydrogen-bond acceptors (Lipinski definition) is 6. The molecule has 0 heterocycles. The zero-order valence-corrected chi connectivity index (χ0v) is 14.2. The average molecular weight is 332 g/mol. The van der Waals surface area contributed by atoms with E-state index in [4.69, 9.17) is 25.0 Å². The van der Waals surface area contributed by atoms with E-state index in [1.807, 2.05) is 42.5 Å². The van der Waals surface area contributed by atoms with Crippen molar-refractivity contribution in [3.63, 3.8) is 0 Å². The van der Waals surface area contributed by atoms with E-state index in [0.717, 1.165) is 23.3 Å². The highest BCUT2D eigenvalue weighted by Gasteiger charge is 2.19. The summed E-state index contributed by atoms with van der Waals surface area (Å²) in [6.45, 7) is 2.77. The van der Waals surface area contributed by atoms with Crippen molar-refractivity contribution < 1.29 is 19.1 Å². The van der Waals surface area contributed by atoms with E-state index in [1.54, 1.807) is 14.2 Å². The molecule has 0 saturated heterocycles. The molecule has 2 aromatic carbocycles. The quantitative estimate of drug-likeness (QED) is 0.688. The van der Waals surface area contributed by atoms with Crippen LogP contribution < -0.4 is 25.6 Å². The fourth-order valence-electron chi connectivity index (χ4n) is 2.41. The molecule has 0 aliphatic heterocycles. The van der Waals surface area contributed by atoms with Crippen molar-refractivity contribution in [1.29, 1.82) is 0 Å². The average Bonchev–Trinajstić information content (AvgIpc) is 2.64. The van der Waals surface area contributed by atoms with Crippen LogP contribution >= 0.6 is 0 Å². The molecule has 0 aromatic heterocycles. The minimum Gasteiger partial charge on any atom is -0.497 e. The van der Waals surface area contributed by atoms with Crippen LogP contribution in [0.1, 0.15) is 30.5 Å². The molecule has 0 saturated carbocycles. The Morgan fingerprint density at radius 1 is 1.00 bits per heavy atom. The second-order valence-electron chi connectivity index (χ2n) is 5.19. The Morgan fingerprint density at radius 2 is 1.71 bits per heavy atom. The third-order valence-electron chi connectivity index (χ3n) is 3.62. The molecule has 2 aromatic rings. The van der Waals surface area contributed by atoms with E-state index in [1.165, 1.54) is 0 Å². The van der Waals surface area contributed by atoms with Crippen LogP contribution in [0, 0.1) is 0 Å². The molecule has 0 aliphatic carbocycles. The van der Waals surface area contributed by atoms with Crippen LogP contribution in [0.3, 0.4) is 0 Å². The van der Waals surface area contributed by atoms with Crippen molar-refractivity contribution in [2.45, 2.75) is 19.4 Å². The highest BCUT2D eigenvalue weighted by molar-refractivity contribution is 5.46. The standard InChI is InChI=1S/C18H24N2O4/c1-4-11-23-14-7-5-13(6-8-14)18(20-24-19)16-10-9-15(21-2)12-17(16)22-3/h5-10,12,18,20H,4,11,19H2,1-3H3. The van der Waals surface area contributed by atoms with Gasteiger partial charge in [0, 0.05) is 11.6 Å². The summed E-state index contributed by atoms with van der Waals surface area (Å²) in [4.78, 5) is 4.70. The lowest BCUT2D eigenvalue weighted by molar-refractivity contribution is 0.0231. The lowest BCUT2D eigenvalue weighted by Crippen LogP contribution is -2.26. The van der Waals surface area contributed by atoms with Crippen LogP contribution in [-0.4, -0.2) is 20.8 Å². The van der Waals surface area contributed by atoms with Gasteiger partial charge in [0.05, 0.1) is 26.9 Å². The maximum absolute atomic E-state index is 5.61. The normalized spacial score (nSPS) is 11.8. The van der Waals surface area contributed by atoms with E-state index < -0.39 is 0 Å². The second-order valence-corrected chi connectivity index (χ2v) is 5.19. The molecule has 24 heavy (non-hydrogen) atoms. The molecule has 1 unspecified atom stereocenters. The molecular weight excluding hydrogens is 308 g/mol. The molecular formula is C18H24N2O4. The van der Waals surface area contributed by atoms with Gasteiger partial charge in [0.25, 0.3) is 0 Å². The van der Waals surface area contributed by atoms with Crippen LogP contribution in [0.2, 0.25) is 0 Å². The lowest BCUT2D eigenvalue weighted by Gasteiger charge is -2.21. The first kappa shape index (κ1) is 18.1. The van der Waals surface area contributed by atoms with Gasteiger partial charge in [-0.2, -0.15) is 11.4 Å². The molecule has 0 aliphatic rings. The Bertz CT molecular complexity index is 631. The first-order valence-corrected chi connectivity index (χ1v) is 7.79. The molecule has 6 heteroatoms. The Labute approximate surface area is 142 Å². The van der Waals surface area contributed by atoms with Crippen molar-refractivity contribution >= 4 is 0 Å². The topological polar surface area (TPSA) is 75.0 Å². The van der Waals surface area contributed by atoms with Crippen LogP contribution in [-0.2, 0) is 4.94 Å². The zero-order valence-electron chi connectivity index (χ0n) is 14.2. The smallest absolute Gasteiger partial charge is 0.127 e. The van der Waals surface area contributed by atoms with Gasteiger partial charge in [-0.1, -0.05) is 19.1 Å². The lowest BCUT2D eigenvalue weighted by atomic mass is 9.98. The molecule has 1 atom stereocenters. The Kier molecular flexibility index (Phi) is 6.87. The predicted octanol–water partition coefficient (Wildman–Crippen LogP) is 2.98. The summed E-state index contributed by atoms with van der Waals surface area (Å²) in [5, 5.41) is 0. The summed E-state index contributed by atoms with van der Waals surface area (Å²) in [5.41, 5.74) is 4.65. The molecule has 2 rings (SSSR count). The van der Waals surface area contributed by atoms with Gasteiger partial charge in [-0.25, -0.2) is 4.94 Å². The first-order valence-electron chi connectivity index (χ1n) is 7.79. The number of nitrogens with one attached hydrogen (secondary N) is 1. The van der Waals surface area contributed by atoms with Crippen molar-refractivity contribution in [3.05, 3.63) is 53.6 Å². The van der Waals surface area contributed by atoms with Gasteiger partial charge in [0.15, 0.2) is 0 Å². The third-order valence-corrected chi connectivity index (χ3v) is 3.62. The molecule has 3 N–H and O–H groups in total. The van der Waals surface area contributed by atoms with Crippen LogP contribution in [0.15, 0.2) is 42.5 Å². The van der Waals surface area contributed by atoms with Crippen molar-refractivity contribution in [1.82, 2.24) is 5.48 Å². The first-order chi connectivity index (χ1) is 11.7. The van der Waals surface area contributed by atoms with Gasteiger partial charge < -0.3 is 14.2 Å². The van der Waals surface area contributed by atoms with Gasteiger partial charge in [0.1, 0.15) is 17.2 Å². The SMILES string of the molecule is CCCOc1ccc(C(NON)c2ccc(OC)cc2OC)cc1. The number of nitrogens with two attached hydrogens (primary N) is 1. The number of hydroxylamine groups is 1. The molecule has 6 nitrogen and oxygen atoms in total. The zero-order chi connectivity index (χ0) is 17.4. The van der Waals surface area contributed by atoms with E-state index in [-0.39, 0.29) is 6.04 Å². The summed E-state index contributed by atoms with van der Waals surface area (Å²) in [6, 6.07) is 13.1.